The van der Waals surface area contributed by atoms with Gasteiger partial charge in [-0.05, 0) is 40.5 Å². The minimum absolute atomic E-state index is 0.424. The smallest absolute Gasteiger partial charge is 0.0149 e. The molecule has 0 nitrogen and oxygen atoms in total. The quantitative estimate of drug-likeness (QED) is 0.667. The van der Waals surface area contributed by atoms with Gasteiger partial charge in [-0.1, -0.05) is 62.4 Å². The van der Waals surface area contributed by atoms with Gasteiger partial charge < -0.3 is 0 Å². The van der Waals surface area contributed by atoms with E-state index in [2.05, 4.69) is 62.4 Å². The van der Waals surface area contributed by atoms with Crippen LogP contribution in [0.5, 0.6) is 0 Å². The second-order valence-electron chi connectivity index (χ2n) is 5.83. The van der Waals surface area contributed by atoms with Crippen LogP contribution in [0.3, 0.4) is 0 Å². The fourth-order valence-corrected chi connectivity index (χ4v) is 2.95. The molecule has 0 bridgehead atoms. The Balaban J connectivity index is 2.13. The molecule has 0 spiro atoms. The highest BCUT2D eigenvalue weighted by Crippen LogP contribution is 2.40. The van der Waals surface area contributed by atoms with Crippen LogP contribution < -0.4 is 0 Å². The zero-order chi connectivity index (χ0) is 11.9. The van der Waals surface area contributed by atoms with E-state index in [0.717, 1.165) is 0 Å². The molecule has 0 radical (unpaired) electrons. The summed E-state index contributed by atoms with van der Waals surface area (Å²) in [4.78, 5) is 0. The maximum Gasteiger partial charge on any atom is -0.0149 e. The Morgan fingerprint density at radius 2 is 1.59 bits per heavy atom. The molecule has 1 aliphatic carbocycles. The van der Waals surface area contributed by atoms with E-state index in [1.165, 1.54) is 29.5 Å². The molecule has 2 aromatic carbocycles. The predicted octanol–water partition coefficient (Wildman–Crippen LogP) is 4.48. The van der Waals surface area contributed by atoms with Crippen molar-refractivity contribution in [3.8, 4) is 11.1 Å². The van der Waals surface area contributed by atoms with Crippen LogP contribution >= 0.6 is 0 Å². The predicted molar refractivity (Wildman–Crippen MR) is 73.1 cm³/mol. The van der Waals surface area contributed by atoms with E-state index in [-0.39, 0.29) is 0 Å². The van der Waals surface area contributed by atoms with Gasteiger partial charge in [0.15, 0.2) is 0 Å². The normalized spacial score (nSPS) is 16.8. The van der Waals surface area contributed by atoms with Crippen LogP contribution in [-0.2, 0) is 12.8 Å². The van der Waals surface area contributed by atoms with Gasteiger partial charge in [-0.2, -0.15) is 0 Å². The van der Waals surface area contributed by atoms with Gasteiger partial charge in [-0.15, -0.1) is 0 Å². The lowest BCUT2D eigenvalue weighted by atomic mass is 9.89. The highest BCUT2D eigenvalue weighted by Gasteiger charge is 2.29. The Kier molecular flexibility index (Phi) is 2.32. The molecule has 0 heteroatoms. The van der Waals surface area contributed by atoms with Crippen molar-refractivity contribution in [3.05, 3.63) is 59.7 Å². The summed E-state index contributed by atoms with van der Waals surface area (Å²) >= 11 is 0. The molecule has 0 heterocycles. The summed E-state index contributed by atoms with van der Waals surface area (Å²) in [6, 6.07) is 17.5. The van der Waals surface area contributed by atoms with Crippen LogP contribution in [0.15, 0.2) is 48.5 Å². The SMILES string of the molecule is CC1(C)Cc2cccc(-c3ccccc3)c2C1. The van der Waals surface area contributed by atoms with E-state index in [4.69, 9.17) is 0 Å². The van der Waals surface area contributed by atoms with Gasteiger partial charge in [0.2, 0.25) is 0 Å². The summed E-state index contributed by atoms with van der Waals surface area (Å²) in [5.74, 6) is 0. The van der Waals surface area contributed by atoms with Crippen LogP contribution in [0.2, 0.25) is 0 Å². The second-order valence-corrected chi connectivity index (χ2v) is 5.83. The lowest BCUT2D eigenvalue weighted by Gasteiger charge is -2.15. The third-order valence-electron chi connectivity index (χ3n) is 3.68. The Bertz CT molecular complexity index is 535. The zero-order valence-electron chi connectivity index (χ0n) is 10.5. The second kappa shape index (κ2) is 3.73. The maximum absolute atomic E-state index is 2.36. The average Bonchev–Trinajstić information content (AvgIpc) is 2.63. The summed E-state index contributed by atoms with van der Waals surface area (Å²) in [7, 11) is 0. The number of rotatable bonds is 1. The van der Waals surface area contributed by atoms with Crippen molar-refractivity contribution in [2.45, 2.75) is 26.7 Å². The highest BCUT2D eigenvalue weighted by atomic mass is 14.3. The van der Waals surface area contributed by atoms with Crippen molar-refractivity contribution >= 4 is 0 Å². The number of benzene rings is 2. The maximum atomic E-state index is 2.36. The van der Waals surface area contributed by atoms with E-state index < -0.39 is 0 Å². The average molecular weight is 222 g/mol. The summed E-state index contributed by atoms with van der Waals surface area (Å²) in [6.45, 7) is 4.73. The lowest BCUT2D eigenvalue weighted by molar-refractivity contribution is 0.393. The van der Waals surface area contributed by atoms with Gasteiger partial charge in [0.05, 0.1) is 0 Å². The van der Waals surface area contributed by atoms with Gasteiger partial charge >= 0.3 is 0 Å². The molecule has 0 amide bonds. The molecule has 86 valence electrons. The number of hydrogen-bond donors (Lipinski definition) is 0. The Labute approximate surface area is 103 Å². The largest absolute Gasteiger partial charge is 0.0622 e. The third kappa shape index (κ3) is 1.88. The first-order chi connectivity index (χ1) is 8.16. The van der Waals surface area contributed by atoms with E-state index in [1.54, 1.807) is 5.56 Å². The van der Waals surface area contributed by atoms with Gasteiger partial charge in [0.1, 0.15) is 0 Å². The van der Waals surface area contributed by atoms with Crippen molar-refractivity contribution in [3.63, 3.8) is 0 Å². The Morgan fingerprint density at radius 1 is 0.824 bits per heavy atom. The molecule has 0 saturated carbocycles. The van der Waals surface area contributed by atoms with E-state index in [1.807, 2.05) is 0 Å². The minimum atomic E-state index is 0.424. The van der Waals surface area contributed by atoms with Crippen molar-refractivity contribution in [2.75, 3.05) is 0 Å². The van der Waals surface area contributed by atoms with Crippen LogP contribution in [0.1, 0.15) is 25.0 Å². The molecular weight excluding hydrogens is 204 g/mol. The highest BCUT2D eigenvalue weighted by molar-refractivity contribution is 5.69. The van der Waals surface area contributed by atoms with Crippen LogP contribution in [-0.4, -0.2) is 0 Å². The molecule has 2 aromatic rings. The molecule has 1 aliphatic rings. The summed E-state index contributed by atoms with van der Waals surface area (Å²) < 4.78 is 0. The molecule has 0 fully saturated rings. The lowest BCUT2D eigenvalue weighted by Crippen LogP contribution is -2.09. The first kappa shape index (κ1) is 10.6. The molecule has 0 N–H and O–H groups in total. The van der Waals surface area contributed by atoms with Crippen molar-refractivity contribution in [1.29, 1.82) is 0 Å². The van der Waals surface area contributed by atoms with E-state index in [9.17, 15) is 0 Å². The number of hydrogen-bond acceptors (Lipinski definition) is 0. The van der Waals surface area contributed by atoms with Crippen molar-refractivity contribution < 1.29 is 0 Å². The van der Waals surface area contributed by atoms with Crippen LogP contribution in [0.25, 0.3) is 11.1 Å². The standard InChI is InChI=1S/C17H18/c1-17(2)11-14-9-6-10-15(16(14)12-17)13-7-4-3-5-8-13/h3-10H,11-12H2,1-2H3. The van der Waals surface area contributed by atoms with E-state index >= 15 is 0 Å². The van der Waals surface area contributed by atoms with Gasteiger partial charge in [-0.25, -0.2) is 0 Å². The molecular formula is C17H18. The summed E-state index contributed by atoms with van der Waals surface area (Å²) in [6.07, 6.45) is 2.41. The molecule has 0 atom stereocenters. The van der Waals surface area contributed by atoms with Gasteiger partial charge in [-0.3, -0.25) is 0 Å². The van der Waals surface area contributed by atoms with Crippen LogP contribution in [0, 0.1) is 5.41 Å². The third-order valence-corrected chi connectivity index (χ3v) is 3.68. The summed E-state index contributed by atoms with van der Waals surface area (Å²) in [5.41, 5.74) is 6.29. The molecule has 0 unspecified atom stereocenters. The van der Waals surface area contributed by atoms with Crippen LogP contribution in [0.4, 0.5) is 0 Å². The Hall–Kier alpha value is -1.56. The first-order valence-electron chi connectivity index (χ1n) is 6.32. The molecule has 0 aliphatic heterocycles. The Morgan fingerprint density at radius 3 is 2.35 bits per heavy atom. The summed E-state index contributed by atoms with van der Waals surface area (Å²) in [5, 5.41) is 0. The molecule has 3 rings (SSSR count). The minimum Gasteiger partial charge on any atom is -0.0622 e. The van der Waals surface area contributed by atoms with Gasteiger partial charge in [0, 0.05) is 0 Å². The van der Waals surface area contributed by atoms with Gasteiger partial charge in [0.25, 0.3) is 0 Å². The fourth-order valence-electron chi connectivity index (χ4n) is 2.95. The van der Waals surface area contributed by atoms with E-state index in [0.29, 0.717) is 5.41 Å². The molecule has 17 heavy (non-hydrogen) atoms. The monoisotopic (exact) mass is 222 g/mol. The number of fused-ring (bicyclic) bond motifs is 1. The topological polar surface area (TPSA) is 0 Å². The first-order valence-corrected chi connectivity index (χ1v) is 6.32. The molecule has 0 aromatic heterocycles. The zero-order valence-corrected chi connectivity index (χ0v) is 10.5. The fraction of sp³-hybridized carbons (Fsp3) is 0.294. The molecule has 0 saturated heterocycles. The van der Waals surface area contributed by atoms with Crippen molar-refractivity contribution in [1.82, 2.24) is 0 Å². The van der Waals surface area contributed by atoms with Crippen molar-refractivity contribution in [2.24, 2.45) is 5.41 Å².